The quantitative estimate of drug-likeness (QED) is 0.562. The fourth-order valence-electron chi connectivity index (χ4n) is 1.48. The van der Waals surface area contributed by atoms with E-state index in [9.17, 15) is 4.79 Å². The summed E-state index contributed by atoms with van der Waals surface area (Å²) in [5.41, 5.74) is 5.61. The van der Waals surface area contributed by atoms with Gasteiger partial charge >= 0.3 is 0 Å². The van der Waals surface area contributed by atoms with E-state index in [-0.39, 0.29) is 25.0 Å². The first-order chi connectivity index (χ1) is 7.19. The number of ether oxygens (including phenoxy) is 1. The van der Waals surface area contributed by atoms with Crippen LogP contribution in [0, 0.1) is 12.3 Å². The molecule has 2 atom stereocenters. The lowest BCUT2D eigenvalue weighted by molar-refractivity contribution is -0.141. The molecule has 15 heavy (non-hydrogen) atoms. The molecule has 3 N–H and O–H groups in total. The van der Waals surface area contributed by atoms with Crippen molar-refractivity contribution in [2.75, 3.05) is 26.3 Å². The number of carbonyl (C=O) groups is 1. The molecule has 5 heteroatoms. The lowest BCUT2D eigenvalue weighted by atomic mass is 10.2. The minimum atomic E-state index is -0.646. The van der Waals surface area contributed by atoms with Crippen molar-refractivity contribution in [3.8, 4) is 12.3 Å². The SMILES string of the molecule is C#CCC(N)C(=O)N1CCOC(CO)C1. The summed E-state index contributed by atoms with van der Waals surface area (Å²) in [5.74, 6) is 2.19. The molecule has 1 aliphatic heterocycles. The molecular formula is C10H16N2O3. The summed E-state index contributed by atoms with van der Waals surface area (Å²) < 4.78 is 5.22. The third-order valence-electron chi connectivity index (χ3n) is 2.31. The number of carbonyl (C=O) groups excluding carboxylic acids is 1. The molecule has 1 saturated heterocycles. The number of hydrogen-bond donors (Lipinski definition) is 2. The van der Waals surface area contributed by atoms with E-state index < -0.39 is 6.04 Å². The number of morpholine rings is 1. The molecule has 0 aliphatic carbocycles. The van der Waals surface area contributed by atoms with Crippen LogP contribution in [0.25, 0.3) is 0 Å². The van der Waals surface area contributed by atoms with Gasteiger partial charge in [-0.25, -0.2) is 0 Å². The van der Waals surface area contributed by atoms with E-state index in [0.717, 1.165) is 0 Å². The third kappa shape index (κ3) is 3.20. The van der Waals surface area contributed by atoms with Gasteiger partial charge in [-0.3, -0.25) is 4.79 Å². The van der Waals surface area contributed by atoms with Gasteiger partial charge < -0.3 is 20.5 Å². The van der Waals surface area contributed by atoms with Crippen molar-refractivity contribution in [1.29, 1.82) is 0 Å². The Morgan fingerprint density at radius 3 is 3.13 bits per heavy atom. The molecule has 1 fully saturated rings. The number of aliphatic hydroxyl groups excluding tert-OH is 1. The summed E-state index contributed by atoms with van der Waals surface area (Å²) in [5, 5.41) is 8.91. The predicted octanol–water partition coefficient (Wildman–Crippen LogP) is -1.44. The normalized spacial score (nSPS) is 23.3. The smallest absolute Gasteiger partial charge is 0.240 e. The molecule has 1 amide bonds. The first-order valence-corrected chi connectivity index (χ1v) is 4.89. The number of rotatable bonds is 3. The Labute approximate surface area is 89.2 Å². The molecule has 0 aromatic carbocycles. The minimum absolute atomic E-state index is 0.0891. The number of nitrogens with zero attached hydrogens (tertiary/aromatic N) is 1. The highest BCUT2D eigenvalue weighted by Crippen LogP contribution is 2.06. The van der Waals surface area contributed by atoms with E-state index in [1.165, 1.54) is 0 Å². The van der Waals surface area contributed by atoms with Crippen LogP contribution in [-0.4, -0.2) is 54.4 Å². The molecule has 84 valence electrons. The average molecular weight is 212 g/mol. The molecule has 2 unspecified atom stereocenters. The van der Waals surface area contributed by atoms with Crippen molar-refractivity contribution in [3.05, 3.63) is 0 Å². The van der Waals surface area contributed by atoms with Gasteiger partial charge in [-0.15, -0.1) is 12.3 Å². The standard InChI is InChI=1S/C10H16N2O3/c1-2-3-9(11)10(14)12-4-5-15-8(6-12)7-13/h1,8-9,13H,3-7,11H2. The largest absolute Gasteiger partial charge is 0.394 e. The molecule has 1 aliphatic rings. The summed E-state index contributed by atoms with van der Waals surface area (Å²) in [6.07, 6.45) is 5.02. The van der Waals surface area contributed by atoms with Crippen LogP contribution in [0.2, 0.25) is 0 Å². The first-order valence-electron chi connectivity index (χ1n) is 4.89. The minimum Gasteiger partial charge on any atom is -0.394 e. The van der Waals surface area contributed by atoms with Crippen molar-refractivity contribution in [2.45, 2.75) is 18.6 Å². The van der Waals surface area contributed by atoms with Crippen molar-refractivity contribution in [1.82, 2.24) is 4.90 Å². The molecule has 0 radical (unpaired) electrons. The van der Waals surface area contributed by atoms with Crippen LogP contribution in [0.4, 0.5) is 0 Å². The fourth-order valence-corrected chi connectivity index (χ4v) is 1.48. The Balaban J connectivity index is 2.49. The summed E-state index contributed by atoms with van der Waals surface area (Å²) in [7, 11) is 0. The zero-order valence-electron chi connectivity index (χ0n) is 8.56. The van der Waals surface area contributed by atoms with E-state index >= 15 is 0 Å². The molecule has 0 spiro atoms. The molecule has 0 aromatic heterocycles. The van der Waals surface area contributed by atoms with Crippen LogP contribution in [0.15, 0.2) is 0 Å². The van der Waals surface area contributed by atoms with Gasteiger partial charge in [-0.1, -0.05) is 0 Å². The van der Waals surface area contributed by atoms with Gasteiger partial charge in [0, 0.05) is 19.5 Å². The monoisotopic (exact) mass is 212 g/mol. The molecule has 1 rings (SSSR count). The highest BCUT2D eigenvalue weighted by atomic mass is 16.5. The van der Waals surface area contributed by atoms with Gasteiger partial charge in [-0.2, -0.15) is 0 Å². The maximum Gasteiger partial charge on any atom is 0.240 e. The molecule has 0 saturated carbocycles. The molecule has 5 nitrogen and oxygen atoms in total. The second kappa shape index (κ2) is 5.71. The van der Waals surface area contributed by atoms with Crippen molar-refractivity contribution in [3.63, 3.8) is 0 Å². The van der Waals surface area contributed by atoms with Gasteiger partial charge in [-0.05, 0) is 0 Å². The molecule has 1 heterocycles. The zero-order chi connectivity index (χ0) is 11.3. The molecule has 0 bridgehead atoms. The van der Waals surface area contributed by atoms with Gasteiger partial charge in [0.15, 0.2) is 0 Å². The van der Waals surface area contributed by atoms with E-state index in [4.69, 9.17) is 22.0 Å². The van der Waals surface area contributed by atoms with Gasteiger partial charge in [0.25, 0.3) is 0 Å². The Morgan fingerprint density at radius 2 is 2.53 bits per heavy atom. The lowest BCUT2D eigenvalue weighted by Gasteiger charge is -2.33. The van der Waals surface area contributed by atoms with Crippen LogP contribution in [0.3, 0.4) is 0 Å². The number of aliphatic hydroxyl groups is 1. The Hall–Kier alpha value is -1.09. The lowest BCUT2D eigenvalue weighted by Crippen LogP contribution is -2.52. The fraction of sp³-hybridized carbons (Fsp3) is 0.700. The molecule has 0 aromatic rings. The van der Waals surface area contributed by atoms with Crippen LogP contribution in [-0.2, 0) is 9.53 Å². The van der Waals surface area contributed by atoms with Crippen molar-refractivity contribution in [2.24, 2.45) is 5.73 Å². The van der Waals surface area contributed by atoms with Gasteiger partial charge in [0.2, 0.25) is 5.91 Å². The van der Waals surface area contributed by atoms with E-state index in [1.54, 1.807) is 4.90 Å². The topological polar surface area (TPSA) is 75.8 Å². The van der Waals surface area contributed by atoms with Gasteiger partial charge in [0.1, 0.15) is 0 Å². The molecular weight excluding hydrogens is 196 g/mol. The number of amides is 1. The zero-order valence-corrected chi connectivity index (χ0v) is 8.56. The van der Waals surface area contributed by atoms with Crippen molar-refractivity contribution < 1.29 is 14.6 Å². The first kappa shape index (κ1) is 12.0. The van der Waals surface area contributed by atoms with Crippen LogP contribution < -0.4 is 5.73 Å². The highest BCUT2D eigenvalue weighted by Gasteiger charge is 2.26. The van der Waals surface area contributed by atoms with E-state index in [0.29, 0.717) is 19.7 Å². The summed E-state index contributed by atoms with van der Waals surface area (Å²) >= 11 is 0. The predicted molar refractivity (Wildman–Crippen MR) is 54.8 cm³/mol. The maximum absolute atomic E-state index is 11.7. The van der Waals surface area contributed by atoms with Crippen molar-refractivity contribution >= 4 is 5.91 Å². The summed E-state index contributed by atoms with van der Waals surface area (Å²) in [4.78, 5) is 13.3. The van der Waals surface area contributed by atoms with Crippen LogP contribution in [0.5, 0.6) is 0 Å². The second-order valence-corrected chi connectivity index (χ2v) is 3.47. The second-order valence-electron chi connectivity index (χ2n) is 3.47. The average Bonchev–Trinajstić information content (AvgIpc) is 2.28. The van der Waals surface area contributed by atoms with E-state index in [1.807, 2.05) is 0 Å². The van der Waals surface area contributed by atoms with Crippen LogP contribution >= 0.6 is 0 Å². The summed E-state index contributed by atoms with van der Waals surface area (Å²) in [6.45, 7) is 1.23. The number of terminal acetylenes is 1. The van der Waals surface area contributed by atoms with Gasteiger partial charge in [0.05, 0.1) is 25.4 Å². The number of nitrogens with two attached hydrogens (primary N) is 1. The number of hydrogen-bond acceptors (Lipinski definition) is 4. The van der Waals surface area contributed by atoms with Crippen LogP contribution in [0.1, 0.15) is 6.42 Å². The Kier molecular flexibility index (Phi) is 4.56. The summed E-state index contributed by atoms with van der Waals surface area (Å²) in [6, 6.07) is -0.646. The third-order valence-corrected chi connectivity index (χ3v) is 2.31. The maximum atomic E-state index is 11.7. The highest BCUT2D eigenvalue weighted by molar-refractivity contribution is 5.82. The Bertz CT molecular complexity index is 262. The van der Waals surface area contributed by atoms with E-state index in [2.05, 4.69) is 5.92 Å². The Morgan fingerprint density at radius 1 is 1.80 bits per heavy atom.